The van der Waals surface area contributed by atoms with Gasteiger partial charge < -0.3 is 10.1 Å². The highest BCUT2D eigenvalue weighted by Crippen LogP contribution is 2.22. The summed E-state index contributed by atoms with van der Waals surface area (Å²) in [6.07, 6.45) is 2.55. The van der Waals surface area contributed by atoms with Gasteiger partial charge in [-0.3, -0.25) is 23.9 Å². The summed E-state index contributed by atoms with van der Waals surface area (Å²) in [6, 6.07) is 6.93. The number of amides is 3. The number of aromatic nitrogens is 4. The average molecular weight is 445 g/mol. The summed E-state index contributed by atoms with van der Waals surface area (Å²) in [5.74, 6) is -0.0136. The van der Waals surface area contributed by atoms with Crippen LogP contribution in [0.15, 0.2) is 34.2 Å². The van der Waals surface area contributed by atoms with E-state index >= 15 is 0 Å². The van der Waals surface area contributed by atoms with Crippen LogP contribution in [0.4, 0.5) is 4.79 Å². The molecule has 1 aliphatic carbocycles. The fraction of sp³-hybridized carbons (Fsp3) is 0.450. The molecule has 1 fully saturated rings. The summed E-state index contributed by atoms with van der Waals surface area (Å²) in [6.45, 7) is 3.53. The third kappa shape index (κ3) is 4.88. The Morgan fingerprint density at radius 3 is 2.84 bits per heavy atom. The molecule has 2 aromatic heterocycles. The number of aryl methyl sites for hydroxylation is 1. The van der Waals surface area contributed by atoms with Crippen molar-refractivity contribution in [1.29, 1.82) is 0 Å². The zero-order chi connectivity index (χ0) is 21.8. The number of para-hydroxylation sites is 1. The monoisotopic (exact) mass is 444 g/mol. The first-order chi connectivity index (χ1) is 15.1. The zero-order valence-corrected chi connectivity index (χ0v) is 18.0. The van der Waals surface area contributed by atoms with Gasteiger partial charge in [0.1, 0.15) is 0 Å². The molecule has 1 aliphatic rings. The first kappa shape index (κ1) is 21.3. The van der Waals surface area contributed by atoms with E-state index < -0.39 is 11.9 Å². The van der Waals surface area contributed by atoms with Crippen molar-refractivity contribution in [3.05, 3.63) is 34.6 Å². The Bertz CT molecular complexity index is 1170. The number of nitrogens with zero attached hydrogens (tertiary/aromatic N) is 4. The van der Waals surface area contributed by atoms with Crippen molar-refractivity contribution in [2.75, 3.05) is 19.0 Å². The number of urea groups is 1. The van der Waals surface area contributed by atoms with Crippen LogP contribution in [0.3, 0.4) is 0 Å². The minimum atomic E-state index is -0.479. The molecule has 0 bridgehead atoms. The molecule has 4 rings (SSSR count). The van der Waals surface area contributed by atoms with E-state index in [1.807, 2.05) is 25.1 Å². The van der Waals surface area contributed by atoms with Gasteiger partial charge in [-0.25, -0.2) is 4.79 Å². The van der Waals surface area contributed by atoms with Gasteiger partial charge in [-0.05, 0) is 38.3 Å². The minimum absolute atomic E-state index is 0.00330. The fourth-order valence-corrected chi connectivity index (χ4v) is 3.98. The highest BCUT2D eigenvalue weighted by atomic mass is 32.2. The van der Waals surface area contributed by atoms with Crippen molar-refractivity contribution in [2.45, 2.75) is 43.9 Å². The Balaban J connectivity index is 1.57. The number of ether oxygens (including phenoxy) is 1. The van der Waals surface area contributed by atoms with Crippen LogP contribution in [0, 0.1) is 0 Å². The predicted octanol–water partition coefficient (Wildman–Crippen LogP) is 1.55. The van der Waals surface area contributed by atoms with Gasteiger partial charge in [-0.15, -0.1) is 10.2 Å². The van der Waals surface area contributed by atoms with Crippen LogP contribution < -0.4 is 16.2 Å². The molecule has 3 aromatic rings. The van der Waals surface area contributed by atoms with Crippen LogP contribution in [0.2, 0.25) is 0 Å². The lowest BCUT2D eigenvalue weighted by atomic mass is 10.2. The lowest BCUT2D eigenvalue weighted by molar-refractivity contribution is -0.117. The van der Waals surface area contributed by atoms with Crippen LogP contribution in [0.25, 0.3) is 16.7 Å². The molecule has 0 atom stereocenters. The summed E-state index contributed by atoms with van der Waals surface area (Å²) in [5.41, 5.74) is 0.529. The quantitative estimate of drug-likeness (QED) is 0.380. The summed E-state index contributed by atoms with van der Waals surface area (Å²) >= 11 is 1.16. The number of carbonyl (C=O) groups is 2. The molecule has 11 heteroatoms. The summed E-state index contributed by atoms with van der Waals surface area (Å²) < 4.78 is 8.75. The Labute approximate surface area is 182 Å². The maximum atomic E-state index is 13.0. The molecular weight excluding hydrogens is 420 g/mol. The third-order valence-electron chi connectivity index (χ3n) is 4.85. The van der Waals surface area contributed by atoms with Gasteiger partial charge in [0.25, 0.3) is 5.56 Å². The van der Waals surface area contributed by atoms with Crippen molar-refractivity contribution in [2.24, 2.45) is 0 Å². The average Bonchev–Trinajstić information content (AvgIpc) is 3.47. The van der Waals surface area contributed by atoms with Crippen molar-refractivity contribution < 1.29 is 14.3 Å². The summed E-state index contributed by atoms with van der Waals surface area (Å²) in [7, 11) is 0. The largest absolute Gasteiger partial charge is 0.382 e. The minimum Gasteiger partial charge on any atom is -0.382 e. The number of hydrogen-bond acceptors (Lipinski definition) is 7. The lowest BCUT2D eigenvalue weighted by Crippen LogP contribution is -2.41. The number of fused-ring (bicyclic) bond motifs is 3. The van der Waals surface area contributed by atoms with Crippen LogP contribution >= 0.6 is 11.8 Å². The standard InChI is InChI=1S/C20H24N6O4S/c1-2-30-11-5-10-25-17(28)14-6-3-4-7-15(14)26-19(25)23-24-20(26)31-12-16(27)22-18(29)21-13-8-9-13/h3-4,6-7,13H,2,5,8-12H2,1H3,(H2,21,22,27,29). The van der Waals surface area contributed by atoms with Crippen molar-refractivity contribution in [1.82, 2.24) is 29.8 Å². The molecule has 0 aliphatic heterocycles. The lowest BCUT2D eigenvalue weighted by Gasteiger charge is -2.11. The van der Waals surface area contributed by atoms with Crippen molar-refractivity contribution in [3.8, 4) is 0 Å². The number of rotatable bonds is 9. The van der Waals surface area contributed by atoms with Gasteiger partial charge in [0.2, 0.25) is 11.7 Å². The van der Waals surface area contributed by atoms with Gasteiger partial charge in [-0.2, -0.15) is 0 Å². The van der Waals surface area contributed by atoms with Gasteiger partial charge >= 0.3 is 6.03 Å². The number of benzene rings is 1. The molecule has 2 heterocycles. The van der Waals surface area contributed by atoms with E-state index in [0.29, 0.717) is 48.0 Å². The van der Waals surface area contributed by atoms with Crippen LogP contribution in [-0.2, 0) is 16.1 Å². The van der Waals surface area contributed by atoms with E-state index in [-0.39, 0.29) is 17.4 Å². The number of thioether (sulfide) groups is 1. The first-order valence-electron chi connectivity index (χ1n) is 10.3. The van der Waals surface area contributed by atoms with Crippen molar-refractivity contribution in [3.63, 3.8) is 0 Å². The van der Waals surface area contributed by atoms with Gasteiger partial charge in [-0.1, -0.05) is 23.9 Å². The second-order valence-corrected chi connectivity index (χ2v) is 8.17. The maximum Gasteiger partial charge on any atom is 0.321 e. The fourth-order valence-electron chi connectivity index (χ4n) is 3.24. The van der Waals surface area contributed by atoms with Gasteiger partial charge in [0, 0.05) is 25.8 Å². The molecule has 1 saturated carbocycles. The number of imide groups is 1. The molecule has 0 spiro atoms. The molecule has 0 radical (unpaired) electrons. The molecule has 3 amide bonds. The van der Waals surface area contributed by atoms with Crippen LogP contribution in [0.5, 0.6) is 0 Å². The molecule has 1 aromatic carbocycles. The maximum absolute atomic E-state index is 13.0. The van der Waals surface area contributed by atoms with Crippen LogP contribution in [0.1, 0.15) is 26.2 Å². The van der Waals surface area contributed by atoms with E-state index in [0.717, 1.165) is 24.6 Å². The Morgan fingerprint density at radius 2 is 2.06 bits per heavy atom. The first-order valence-corrected chi connectivity index (χ1v) is 11.2. The van der Waals surface area contributed by atoms with Gasteiger partial charge in [0.05, 0.1) is 16.7 Å². The smallest absolute Gasteiger partial charge is 0.321 e. The number of nitrogens with one attached hydrogen (secondary N) is 2. The Kier molecular flexibility index (Phi) is 6.52. The molecular formula is C20H24N6O4S. The Morgan fingerprint density at radius 1 is 1.26 bits per heavy atom. The van der Waals surface area contributed by atoms with Crippen LogP contribution in [-0.4, -0.2) is 56.1 Å². The summed E-state index contributed by atoms with van der Waals surface area (Å²) in [4.78, 5) is 36.9. The van der Waals surface area contributed by atoms with E-state index in [1.54, 1.807) is 15.0 Å². The molecule has 0 saturated heterocycles. The molecule has 2 N–H and O–H groups in total. The van der Waals surface area contributed by atoms with Crippen molar-refractivity contribution >= 4 is 40.4 Å². The van der Waals surface area contributed by atoms with E-state index in [9.17, 15) is 14.4 Å². The SMILES string of the molecule is CCOCCCn1c(=O)c2ccccc2n2c(SCC(=O)NC(=O)NC3CC3)nnc12. The third-order valence-corrected chi connectivity index (χ3v) is 5.78. The molecule has 31 heavy (non-hydrogen) atoms. The van der Waals surface area contributed by atoms with E-state index in [4.69, 9.17) is 4.74 Å². The number of carbonyl (C=O) groups excluding carboxylic acids is 2. The highest BCUT2D eigenvalue weighted by Gasteiger charge is 2.24. The summed E-state index contributed by atoms with van der Waals surface area (Å²) in [5, 5.41) is 14.5. The second-order valence-electron chi connectivity index (χ2n) is 7.23. The predicted molar refractivity (Wildman–Crippen MR) is 116 cm³/mol. The van der Waals surface area contributed by atoms with Gasteiger partial charge in [0.15, 0.2) is 5.16 Å². The molecule has 10 nitrogen and oxygen atoms in total. The highest BCUT2D eigenvalue weighted by molar-refractivity contribution is 7.99. The second kappa shape index (κ2) is 9.48. The molecule has 164 valence electrons. The molecule has 0 unspecified atom stereocenters. The van der Waals surface area contributed by atoms with E-state index in [1.165, 1.54) is 0 Å². The topological polar surface area (TPSA) is 120 Å². The van der Waals surface area contributed by atoms with E-state index in [2.05, 4.69) is 20.8 Å². The Hall–Kier alpha value is -2.92. The zero-order valence-electron chi connectivity index (χ0n) is 17.2. The number of hydrogen-bond donors (Lipinski definition) is 2. The normalized spacial score (nSPS) is 13.6.